The van der Waals surface area contributed by atoms with Gasteiger partial charge in [0, 0.05) is 29.6 Å². The molecular weight excluding hydrogens is 426 g/mol. The molecule has 4 rings (SSSR count). The molecule has 0 spiro atoms. The Kier molecular flexibility index (Phi) is 5.65. The van der Waals surface area contributed by atoms with Gasteiger partial charge in [-0.3, -0.25) is 4.98 Å². The molecule has 2 aromatic carbocycles. The van der Waals surface area contributed by atoms with Gasteiger partial charge in [-0.25, -0.2) is 13.2 Å². The number of pyridine rings is 1. The van der Waals surface area contributed by atoms with Crippen LogP contribution >= 0.6 is 12.6 Å². The molecule has 1 aromatic heterocycles. The molecule has 0 aliphatic carbocycles. The van der Waals surface area contributed by atoms with Crippen LogP contribution in [0.4, 0.5) is 11.4 Å². The summed E-state index contributed by atoms with van der Waals surface area (Å²) < 4.78 is 33.4. The molecule has 2 N–H and O–H groups in total. The van der Waals surface area contributed by atoms with Gasteiger partial charge in [-0.15, -0.1) is 12.6 Å². The Morgan fingerprint density at radius 2 is 1.90 bits per heavy atom. The molecule has 3 aromatic rings. The summed E-state index contributed by atoms with van der Waals surface area (Å²) in [4.78, 5) is 16.6. The van der Waals surface area contributed by atoms with Crippen molar-refractivity contribution in [2.75, 3.05) is 31.6 Å². The Balaban J connectivity index is 1.93. The number of para-hydroxylation sites is 1. The quantitative estimate of drug-likeness (QED) is 0.518. The minimum atomic E-state index is -3.89. The van der Waals surface area contributed by atoms with Crippen molar-refractivity contribution in [3.05, 3.63) is 54.2 Å². The first kappa shape index (κ1) is 20.6. The molecule has 0 amide bonds. The third-order valence-corrected chi connectivity index (χ3v) is 7.01. The van der Waals surface area contributed by atoms with Gasteiger partial charge in [-0.05, 0) is 30.3 Å². The highest BCUT2D eigenvalue weighted by Gasteiger charge is 2.30. The first-order chi connectivity index (χ1) is 14.4. The van der Waals surface area contributed by atoms with Crippen LogP contribution in [0.15, 0.2) is 58.5 Å². The topological polar surface area (TPSA) is 109 Å². The molecule has 0 saturated carbocycles. The van der Waals surface area contributed by atoms with Crippen LogP contribution in [0.2, 0.25) is 0 Å². The van der Waals surface area contributed by atoms with E-state index in [4.69, 9.17) is 4.74 Å². The van der Waals surface area contributed by atoms with Gasteiger partial charge in [0.25, 0.3) is 0 Å². The average Bonchev–Trinajstić information content (AvgIpc) is 2.75. The zero-order chi connectivity index (χ0) is 21.3. The van der Waals surface area contributed by atoms with Crippen molar-refractivity contribution in [1.82, 2.24) is 9.29 Å². The largest absolute Gasteiger partial charge is 0.478 e. The highest BCUT2D eigenvalue weighted by atomic mass is 32.2. The number of aromatic carboxylic acids is 1. The zero-order valence-corrected chi connectivity index (χ0v) is 17.5. The van der Waals surface area contributed by atoms with Crippen molar-refractivity contribution in [3.63, 3.8) is 0 Å². The number of ether oxygens (including phenoxy) is 1. The highest BCUT2D eigenvalue weighted by molar-refractivity contribution is 7.89. The molecule has 30 heavy (non-hydrogen) atoms. The molecule has 0 atom stereocenters. The summed E-state index contributed by atoms with van der Waals surface area (Å²) in [7, 11) is -3.89. The maximum absolute atomic E-state index is 13.4. The van der Waals surface area contributed by atoms with Gasteiger partial charge in [-0.2, -0.15) is 4.31 Å². The predicted octanol–water partition coefficient (Wildman–Crippen LogP) is 2.99. The summed E-state index contributed by atoms with van der Waals surface area (Å²) in [5.74, 6) is -1.12. The van der Waals surface area contributed by atoms with Gasteiger partial charge >= 0.3 is 5.97 Å². The van der Waals surface area contributed by atoms with E-state index in [1.807, 2.05) is 0 Å². The number of rotatable bonds is 5. The maximum Gasteiger partial charge on any atom is 0.337 e. The number of aromatic nitrogens is 1. The van der Waals surface area contributed by atoms with Crippen LogP contribution in [0, 0.1) is 0 Å². The summed E-state index contributed by atoms with van der Waals surface area (Å²) in [6, 6.07) is 11.5. The number of carboxylic acids is 1. The van der Waals surface area contributed by atoms with E-state index in [1.165, 1.54) is 16.6 Å². The number of morpholine rings is 1. The van der Waals surface area contributed by atoms with Gasteiger partial charge < -0.3 is 15.2 Å². The number of carboxylic acid groups (broad SMARTS) is 1. The lowest BCUT2D eigenvalue weighted by molar-refractivity contribution is 0.0698. The number of hydrogen-bond acceptors (Lipinski definition) is 7. The number of nitrogens with one attached hydrogen (secondary N) is 1. The van der Waals surface area contributed by atoms with E-state index in [0.29, 0.717) is 29.0 Å². The van der Waals surface area contributed by atoms with Gasteiger partial charge in [0.05, 0.1) is 35.7 Å². The van der Waals surface area contributed by atoms with Crippen LogP contribution < -0.4 is 5.32 Å². The third-order valence-electron chi connectivity index (χ3n) is 4.82. The highest BCUT2D eigenvalue weighted by Crippen LogP contribution is 2.35. The Hall–Kier alpha value is -2.66. The molecule has 156 valence electrons. The zero-order valence-electron chi connectivity index (χ0n) is 15.8. The molecule has 1 fully saturated rings. The monoisotopic (exact) mass is 445 g/mol. The van der Waals surface area contributed by atoms with Crippen molar-refractivity contribution >= 4 is 50.9 Å². The lowest BCUT2D eigenvalue weighted by atomic mass is 10.1. The molecule has 1 aliphatic rings. The molecule has 1 aliphatic heterocycles. The number of fused-ring (bicyclic) bond motifs is 1. The van der Waals surface area contributed by atoms with Crippen LogP contribution in [0.3, 0.4) is 0 Å². The smallest absolute Gasteiger partial charge is 0.337 e. The van der Waals surface area contributed by atoms with Crippen LogP contribution in [-0.4, -0.2) is 55.1 Å². The fourth-order valence-electron chi connectivity index (χ4n) is 3.33. The van der Waals surface area contributed by atoms with Crippen LogP contribution in [0.5, 0.6) is 0 Å². The van der Waals surface area contributed by atoms with E-state index < -0.39 is 16.0 Å². The normalized spacial score (nSPS) is 15.2. The molecule has 8 nitrogen and oxygen atoms in total. The summed E-state index contributed by atoms with van der Waals surface area (Å²) in [5.41, 5.74) is 1.12. The number of anilines is 2. The van der Waals surface area contributed by atoms with Crippen molar-refractivity contribution < 1.29 is 23.1 Å². The Labute approximate surface area is 179 Å². The number of hydrogen-bond donors (Lipinski definition) is 3. The fraction of sp³-hybridized carbons (Fsp3) is 0.200. The average molecular weight is 446 g/mol. The summed E-state index contributed by atoms with van der Waals surface area (Å²) in [6.07, 6.45) is 1.30. The molecule has 10 heteroatoms. The Bertz CT molecular complexity index is 1220. The van der Waals surface area contributed by atoms with E-state index in [2.05, 4.69) is 22.9 Å². The number of benzene rings is 2. The first-order valence-electron chi connectivity index (χ1n) is 9.17. The molecule has 1 saturated heterocycles. The fourth-order valence-corrected chi connectivity index (χ4v) is 5.04. The first-order valence-corrected chi connectivity index (χ1v) is 11.1. The standard InChI is InChI=1S/C20H19N3O5S2/c24-20(25)14-3-1-2-4-17(14)22-19-15-11-13(29)5-6-16(15)21-12-18(19)30(26,27)23-7-9-28-10-8-23/h1-6,11-12,29H,7-10H2,(H,21,22)(H,24,25). The maximum atomic E-state index is 13.4. The molecular formula is C20H19N3O5S2. The van der Waals surface area contributed by atoms with Crippen molar-refractivity contribution in [3.8, 4) is 0 Å². The van der Waals surface area contributed by atoms with Gasteiger partial charge in [0.1, 0.15) is 4.90 Å². The Morgan fingerprint density at radius 1 is 1.17 bits per heavy atom. The van der Waals surface area contributed by atoms with E-state index in [0.717, 1.165) is 0 Å². The van der Waals surface area contributed by atoms with Crippen LogP contribution in [0.25, 0.3) is 10.9 Å². The van der Waals surface area contributed by atoms with Crippen LogP contribution in [-0.2, 0) is 14.8 Å². The van der Waals surface area contributed by atoms with E-state index in [9.17, 15) is 18.3 Å². The van der Waals surface area contributed by atoms with Crippen molar-refractivity contribution in [1.29, 1.82) is 0 Å². The molecule has 0 radical (unpaired) electrons. The van der Waals surface area contributed by atoms with E-state index in [-0.39, 0.29) is 34.9 Å². The minimum absolute atomic E-state index is 0.0270. The summed E-state index contributed by atoms with van der Waals surface area (Å²) in [6.45, 7) is 1.09. The number of thiol groups is 1. The number of sulfonamides is 1. The number of carbonyl (C=O) groups is 1. The second-order valence-corrected chi connectivity index (χ2v) is 9.11. The predicted molar refractivity (Wildman–Crippen MR) is 115 cm³/mol. The minimum Gasteiger partial charge on any atom is -0.478 e. The van der Waals surface area contributed by atoms with Gasteiger partial charge in [-0.1, -0.05) is 12.1 Å². The molecule has 0 bridgehead atoms. The second kappa shape index (κ2) is 8.23. The SMILES string of the molecule is O=C(O)c1ccccc1Nc1c(S(=O)(=O)N2CCOCC2)cnc2ccc(S)cc12. The number of nitrogens with zero attached hydrogens (tertiary/aromatic N) is 2. The van der Waals surface area contributed by atoms with Gasteiger partial charge in [0.2, 0.25) is 10.0 Å². The summed E-state index contributed by atoms with van der Waals surface area (Å²) >= 11 is 4.37. The Morgan fingerprint density at radius 3 is 2.63 bits per heavy atom. The third kappa shape index (κ3) is 3.86. The summed E-state index contributed by atoms with van der Waals surface area (Å²) in [5, 5.41) is 13.1. The lowest BCUT2D eigenvalue weighted by Crippen LogP contribution is -2.40. The molecule has 0 unspecified atom stereocenters. The van der Waals surface area contributed by atoms with Crippen molar-refractivity contribution in [2.24, 2.45) is 0 Å². The van der Waals surface area contributed by atoms with Crippen molar-refractivity contribution in [2.45, 2.75) is 9.79 Å². The van der Waals surface area contributed by atoms with Gasteiger partial charge in [0.15, 0.2) is 0 Å². The van der Waals surface area contributed by atoms with E-state index in [1.54, 1.807) is 36.4 Å². The second-order valence-electron chi connectivity index (χ2n) is 6.69. The van der Waals surface area contributed by atoms with Crippen LogP contribution in [0.1, 0.15) is 10.4 Å². The lowest BCUT2D eigenvalue weighted by Gasteiger charge is -2.27. The van der Waals surface area contributed by atoms with E-state index >= 15 is 0 Å². The molecule has 2 heterocycles.